The van der Waals surface area contributed by atoms with Crippen LogP contribution in [0.15, 0.2) is 24.3 Å². The summed E-state index contributed by atoms with van der Waals surface area (Å²) in [6.07, 6.45) is 0. The van der Waals surface area contributed by atoms with Crippen LogP contribution in [0.1, 0.15) is 26.3 Å². The first kappa shape index (κ1) is 10.9. The van der Waals surface area contributed by atoms with E-state index in [0.717, 1.165) is 17.6 Å². The van der Waals surface area contributed by atoms with Crippen molar-refractivity contribution in [3.05, 3.63) is 29.8 Å². The maximum Gasteiger partial charge on any atom is 0.0608 e. The van der Waals surface area contributed by atoms with Crippen molar-refractivity contribution < 1.29 is 0 Å². The number of benzene rings is 1. The summed E-state index contributed by atoms with van der Waals surface area (Å²) in [6.45, 7) is 6.81. The molecule has 0 bridgehead atoms. The summed E-state index contributed by atoms with van der Waals surface area (Å²) < 4.78 is 0. The first-order valence-electron chi connectivity index (χ1n) is 4.33. The SMILES string of the molecule is CC(C)(C)c1ccccc1[Si][Si][Si]. The Morgan fingerprint density at radius 3 is 2.31 bits per heavy atom. The molecule has 0 fully saturated rings. The molecule has 3 heteroatoms. The van der Waals surface area contributed by atoms with Gasteiger partial charge in [-0.1, -0.05) is 50.2 Å². The Morgan fingerprint density at radius 1 is 1.15 bits per heavy atom. The van der Waals surface area contributed by atoms with E-state index in [0.29, 0.717) is 0 Å². The van der Waals surface area contributed by atoms with Crippen LogP contribution in [0, 0.1) is 0 Å². The summed E-state index contributed by atoms with van der Waals surface area (Å²) in [6, 6.07) is 8.75. The van der Waals surface area contributed by atoms with Crippen LogP contribution in [-0.4, -0.2) is 27.4 Å². The molecule has 0 atom stereocenters. The number of hydrogen-bond donors (Lipinski definition) is 0. The molecule has 0 aliphatic heterocycles. The molecule has 0 aromatic heterocycles. The van der Waals surface area contributed by atoms with Gasteiger partial charge in [0.05, 0.1) is 9.04 Å². The van der Waals surface area contributed by atoms with Gasteiger partial charge in [-0.3, -0.25) is 0 Å². The minimum atomic E-state index is 0.273. The van der Waals surface area contributed by atoms with Gasteiger partial charge in [-0.05, 0) is 11.0 Å². The van der Waals surface area contributed by atoms with Crippen molar-refractivity contribution in [2.75, 3.05) is 0 Å². The van der Waals surface area contributed by atoms with E-state index in [1.165, 1.54) is 10.8 Å². The van der Waals surface area contributed by atoms with Crippen LogP contribution in [0.5, 0.6) is 0 Å². The monoisotopic (exact) mass is 217 g/mol. The molecule has 0 unspecified atom stereocenters. The second-order valence-corrected chi connectivity index (χ2v) is 8.83. The van der Waals surface area contributed by atoms with Crippen molar-refractivity contribution in [2.24, 2.45) is 0 Å². The Kier molecular flexibility index (Phi) is 3.70. The first-order chi connectivity index (χ1) is 6.05. The highest BCUT2D eigenvalue weighted by molar-refractivity contribution is 7.27. The molecule has 65 valence electrons. The van der Waals surface area contributed by atoms with Gasteiger partial charge < -0.3 is 0 Å². The summed E-state index contributed by atoms with van der Waals surface area (Å²) in [5.74, 6) is 0. The minimum Gasteiger partial charge on any atom is -0.0645 e. The third kappa shape index (κ3) is 2.93. The van der Waals surface area contributed by atoms with Gasteiger partial charge in [-0.15, -0.1) is 0 Å². The summed E-state index contributed by atoms with van der Waals surface area (Å²) in [7, 11) is 5.32. The standard InChI is InChI=1S/C10H13Si3/c1-10(2,3)8-6-4-5-7-9(8)12-13-11/h4-7H,1-3H3. The molecule has 13 heavy (non-hydrogen) atoms. The molecule has 1 rings (SSSR count). The predicted octanol–water partition coefficient (Wildman–Crippen LogP) is 1.02. The highest BCUT2D eigenvalue weighted by Gasteiger charge is 2.16. The van der Waals surface area contributed by atoms with Gasteiger partial charge in [0.1, 0.15) is 0 Å². The quantitative estimate of drug-likeness (QED) is 0.649. The van der Waals surface area contributed by atoms with E-state index in [1.807, 2.05) is 0 Å². The van der Waals surface area contributed by atoms with Crippen molar-refractivity contribution in [1.82, 2.24) is 0 Å². The fraction of sp³-hybridized carbons (Fsp3) is 0.400. The van der Waals surface area contributed by atoms with Gasteiger partial charge in [0.2, 0.25) is 0 Å². The molecule has 0 aliphatic rings. The highest BCUT2D eigenvalue weighted by atomic mass is 29.5. The average molecular weight is 217 g/mol. The van der Waals surface area contributed by atoms with Crippen molar-refractivity contribution in [3.8, 4) is 0 Å². The minimum absolute atomic E-state index is 0.273. The molecule has 0 N–H and O–H groups in total. The molecule has 0 saturated carbocycles. The third-order valence-electron chi connectivity index (χ3n) is 1.93. The van der Waals surface area contributed by atoms with Crippen molar-refractivity contribution in [1.29, 1.82) is 0 Å². The Balaban J connectivity index is 3.05. The van der Waals surface area contributed by atoms with Crippen molar-refractivity contribution >= 4 is 32.5 Å². The molecule has 0 aliphatic carbocycles. The summed E-state index contributed by atoms with van der Waals surface area (Å²) in [4.78, 5) is 0. The molecule has 0 nitrogen and oxygen atoms in total. The molecule has 0 amide bonds. The van der Waals surface area contributed by atoms with Gasteiger partial charge in [-0.25, -0.2) is 0 Å². The van der Waals surface area contributed by atoms with Crippen LogP contribution in [0.25, 0.3) is 0 Å². The Bertz CT molecular complexity index is 276. The summed E-state index contributed by atoms with van der Waals surface area (Å²) in [5, 5.41) is 1.50. The molecular weight excluding hydrogens is 204 g/mol. The van der Waals surface area contributed by atoms with E-state index in [-0.39, 0.29) is 5.41 Å². The maximum atomic E-state index is 3.57. The normalized spacial score (nSPS) is 11.7. The Hall–Kier alpha value is -0.129. The smallest absolute Gasteiger partial charge is 0.0608 e. The van der Waals surface area contributed by atoms with Crippen molar-refractivity contribution in [3.63, 3.8) is 0 Å². The molecule has 0 spiro atoms. The molecule has 1 aromatic carbocycles. The summed E-state index contributed by atoms with van der Waals surface area (Å²) in [5.41, 5.74) is 1.76. The second-order valence-electron chi connectivity index (χ2n) is 4.05. The van der Waals surface area contributed by atoms with Gasteiger partial charge >= 0.3 is 0 Å². The topological polar surface area (TPSA) is 0 Å². The second kappa shape index (κ2) is 4.39. The van der Waals surface area contributed by atoms with Crippen LogP contribution in [0.4, 0.5) is 0 Å². The molecular formula is C10H13Si3. The number of hydrogen-bond acceptors (Lipinski definition) is 0. The zero-order chi connectivity index (χ0) is 9.90. The van der Waals surface area contributed by atoms with E-state index in [4.69, 9.17) is 0 Å². The van der Waals surface area contributed by atoms with Crippen LogP contribution >= 0.6 is 0 Å². The average Bonchev–Trinajstić information content (AvgIpc) is 2.04. The molecule has 7 radical (unpaired) electrons. The predicted molar refractivity (Wildman–Crippen MR) is 62.0 cm³/mol. The van der Waals surface area contributed by atoms with E-state index < -0.39 is 0 Å². The summed E-state index contributed by atoms with van der Waals surface area (Å²) >= 11 is 0. The van der Waals surface area contributed by atoms with E-state index in [1.54, 1.807) is 0 Å². The highest BCUT2D eigenvalue weighted by Crippen LogP contribution is 2.19. The van der Waals surface area contributed by atoms with Gasteiger partial charge in [0, 0.05) is 18.3 Å². The van der Waals surface area contributed by atoms with E-state index in [9.17, 15) is 0 Å². The maximum absolute atomic E-state index is 3.57. The van der Waals surface area contributed by atoms with Crippen LogP contribution in [0.2, 0.25) is 0 Å². The lowest BCUT2D eigenvalue weighted by atomic mass is 9.87. The van der Waals surface area contributed by atoms with Crippen LogP contribution in [0.3, 0.4) is 0 Å². The first-order valence-corrected chi connectivity index (χ1v) is 8.83. The lowest BCUT2D eigenvalue weighted by Crippen LogP contribution is -2.30. The zero-order valence-electron chi connectivity index (χ0n) is 8.31. The molecule has 1 aromatic rings. The Labute approximate surface area is 88.8 Å². The van der Waals surface area contributed by atoms with Gasteiger partial charge in [0.15, 0.2) is 0 Å². The Morgan fingerprint density at radius 2 is 1.77 bits per heavy atom. The largest absolute Gasteiger partial charge is 0.0645 e. The van der Waals surface area contributed by atoms with E-state index >= 15 is 0 Å². The zero-order valence-corrected chi connectivity index (χ0v) is 11.3. The molecule has 0 heterocycles. The number of rotatable bonds is 2. The van der Waals surface area contributed by atoms with Crippen molar-refractivity contribution in [2.45, 2.75) is 26.2 Å². The lowest BCUT2D eigenvalue weighted by Gasteiger charge is -2.22. The van der Waals surface area contributed by atoms with E-state index in [2.05, 4.69) is 54.8 Å². The molecule has 0 saturated heterocycles. The fourth-order valence-corrected chi connectivity index (χ4v) is 4.49. The fourth-order valence-electron chi connectivity index (χ4n) is 1.31. The third-order valence-corrected chi connectivity index (χ3v) is 5.07. The lowest BCUT2D eigenvalue weighted by molar-refractivity contribution is 0.594. The van der Waals surface area contributed by atoms with Crippen LogP contribution < -0.4 is 5.19 Å². The van der Waals surface area contributed by atoms with Gasteiger partial charge in [-0.2, -0.15) is 0 Å². The van der Waals surface area contributed by atoms with Gasteiger partial charge in [0.25, 0.3) is 0 Å². The van der Waals surface area contributed by atoms with Crippen LogP contribution in [-0.2, 0) is 5.41 Å².